The second kappa shape index (κ2) is 8.29. The van der Waals surface area contributed by atoms with Crippen LogP contribution in [0.3, 0.4) is 0 Å². The van der Waals surface area contributed by atoms with E-state index in [2.05, 4.69) is 15.3 Å². The summed E-state index contributed by atoms with van der Waals surface area (Å²) in [5.41, 5.74) is 1.54. The lowest BCUT2D eigenvalue weighted by atomic mass is 10.2. The average Bonchev–Trinajstić information content (AvgIpc) is 3.37. The number of amides is 1. The SMILES string of the molecule is Cc1sc2ncnc(OCC(=O)Nc3ccc(S(=O)(=O)N4CCCC4)cc3)c2c1C. The van der Waals surface area contributed by atoms with E-state index in [4.69, 9.17) is 4.74 Å². The van der Waals surface area contributed by atoms with Gasteiger partial charge < -0.3 is 10.1 Å². The molecular formula is C20H22N4O4S2. The van der Waals surface area contributed by atoms with Gasteiger partial charge in [0.2, 0.25) is 15.9 Å². The summed E-state index contributed by atoms with van der Waals surface area (Å²) >= 11 is 1.56. The van der Waals surface area contributed by atoms with E-state index in [1.54, 1.807) is 23.5 Å². The fraction of sp³-hybridized carbons (Fsp3) is 0.350. The van der Waals surface area contributed by atoms with Crippen LogP contribution in [0.2, 0.25) is 0 Å². The quantitative estimate of drug-likeness (QED) is 0.624. The molecule has 158 valence electrons. The number of nitrogens with zero attached hydrogens (tertiary/aromatic N) is 3. The molecule has 0 aliphatic carbocycles. The van der Waals surface area contributed by atoms with Crippen LogP contribution in [0, 0.1) is 13.8 Å². The van der Waals surface area contributed by atoms with Gasteiger partial charge in [0.1, 0.15) is 11.2 Å². The maximum Gasteiger partial charge on any atom is 0.262 e. The Balaban J connectivity index is 1.40. The van der Waals surface area contributed by atoms with Gasteiger partial charge in [0, 0.05) is 23.7 Å². The zero-order valence-electron chi connectivity index (χ0n) is 16.7. The number of carbonyl (C=O) groups is 1. The van der Waals surface area contributed by atoms with Crippen LogP contribution in [-0.2, 0) is 14.8 Å². The van der Waals surface area contributed by atoms with Crippen molar-refractivity contribution in [3.05, 3.63) is 41.0 Å². The number of carbonyl (C=O) groups excluding carboxylic acids is 1. The van der Waals surface area contributed by atoms with Gasteiger partial charge >= 0.3 is 0 Å². The third-order valence-corrected chi connectivity index (χ3v) is 8.14. The number of thiophene rings is 1. The van der Waals surface area contributed by atoms with Crippen LogP contribution in [0.1, 0.15) is 23.3 Å². The Bertz CT molecular complexity index is 1180. The van der Waals surface area contributed by atoms with Crippen LogP contribution in [0.15, 0.2) is 35.5 Å². The molecule has 1 aromatic carbocycles. The molecule has 3 aromatic rings. The minimum atomic E-state index is -3.47. The van der Waals surface area contributed by atoms with Crippen LogP contribution in [0.4, 0.5) is 5.69 Å². The topological polar surface area (TPSA) is 101 Å². The van der Waals surface area contributed by atoms with Crippen molar-refractivity contribution in [1.82, 2.24) is 14.3 Å². The number of aryl methyl sites for hydroxylation is 2. The van der Waals surface area contributed by atoms with Gasteiger partial charge in [-0.3, -0.25) is 4.79 Å². The molecule has 2 aromatic heterocycles. The number of fused-ring (bicyclic) bond motifs is 1. The molecule has 1 aliphatic heterocycles. The normalized spacial score (nSPS) is 14.9. The fourth-order valence-corrected chi connectivity index (χ4v) is 5.88. The van der Waals surface area contributed by atoms with E-state index in [1.165, 1.54) is 22.8 Å². The number of rotatable bonds is 6. The van der Waals surface area contributed by atoms with Crippen LogP contribution < -0.4 is 10.1 Å². The van der Waals surface area contributed by atoms with Gasteiger partial charge in [-0.15, -0.1) is 11.3 Å². The number of benzene rings is 1. The summed E-state index contributed by atoms with van der Waals surface area (Å²) in [4.78, 5) is 22.9. The van der Waals surface area contributed by atoms with Gasteiger partial charge in [0.25, 0.3) is 5.91 Å². The molecule has 1 N–H and O–H groups in total. The van der Waals surface area contributed by atoms with E-state index in [1.807, 2.05) is 13.8 Å². The zero-order valence-corrected chi connectivity index (χ0v) is 18.3. The number of hydrogen-bond donors (Lipinski definition) is 1. The molecule has 0 saturated carbocycles. The first-order chi connectivity index (χ1) is 14.4. The zero-order chi connectivity index (χ0) is 21.3. The maximum absolute atomic E-state index is 12.6. The predicted octanol–water partition coefficient (Wildman–Crippen LogP) is 3.11. The summed E-state index contributed by atoms with van der Waals surface area (Å²) in [7, 11) is -3.47. The molecule has 0 spiro atoms. The molecule has 1 aliphatic rings. The third kappa shape index (κ3) is 4.03. The molecule has 1 amide bonds. The van der Waals surface area contributed by atoms with E-state index in [-0.39, 0.29) is 17.4 Å². The summed E-state index contributed by atoms with van der Waals surface area (Å²) in [6.07, 6.45) is 3.19. The molecule has 30 heavy (non-hydrogen) atoms. The molecule has 0 bridgehead atoms. The van der Waals surface area contributed by atoms with Crippen LogP contribution >= 0.6 is 11.3 Å². The Hall–Kier alpha value is -2.56. The lowest BCUT2D eigenvalue weighted by Crippen LogP contribution is -2.27. The van der Waals surface area contributed by atoms with Crippen LogP contribution in [0.5, 0.6) is 5.88 Å². The number of hydrogen-bond acceptors (Lipinski definition) is 7. The highest BCUT2D eigenvalue weighted by atomic mass is 32.2. The molecule has 0 unspecified atom stereocenters. The largest absolute Gasteiger partial charge is 0.467 e. The monoisotopic (exact) mass is 446 g/mol. The van der Waals surface area contributed by atoms with Crippen molar-refractivity contribution in [3.8, 4) is 5.88 Å². The van der Waals surface area contributed by atoms with Crippen molar-refractivity contribution in [3.63, 3.8) is 0 Å². The fourth-order valence-electron chi connectivity index (χ4n) is 3.38. The molecule has 0 atom stereocenters. The van der Waals surface area contributed by atoms with Gasteiger partial charge in [-0.2, -0.15) is 4.31 Å². The maximum atomic E-state index is 12.6. The third-order valence-electron chi connectivity index (χ3n) is 5.11. The minimum Gasteiger partial charge on any atom is -0.467 e. The van der Waals surface area contributed by atoms with Crippen LogP contribution in [-0.4, -0.2) is 48.3 Å². The first-order valence-corrected chi connectivity index (χ1v) is 11.9. The Morgan fingerprint density at radius 3 is 2.57 bits per heavy atom. The second-order valence-electron chi connectivity index (χ2n) is 7.11. The van der Waals surface area contributed by atoms with Crippen molar-refractivity contribution in [1.29, 1.82) is 0 Å². The highest BCUT2D eigenvalue weighted by Gasteiger charge is 2.27. The molecule has 4 rings (SSSR count). The van der Waals surface area contributed by atoms with E-state index in [0.717, 1.165) is 33.5 Å². The molecule has 3 heterocycles. The smallest absolute Gasteiger partial charge is 0.262 e. The summed E-state index contributed by atoms with van der Waals surface area (Å²) in [5.74, 6) is 0.0190. The first kappa shape index (κ1) is 20.7. The van der Waals surface area contributed by atoms with E-state index < -0.39 is 10.0 Å². The Morgan fingerprint density at radius 2 is 1.87 bits per heavy atom. The molecule has 8 nitrogen and oxygen atoms in total. The molecule has 0 radical (unpaired) electrons. The molecule has 1 fully saturated rings. The van der Waals surface area contributed by atoms with E-state index >= 15 is 0 Å². The van der Waals surface area contributed by atoms with E-state index in [9.17, 15) is 13.2 Å². The molecular weight excluding hydrogens is 424 g/mol. The van der Waals surface area contributed by atoms with Crippen molar-refractivity contribution < 1.29 is 17.9 Å². The second-order valence-corrected chi connectivity index (χ2v) is 10.3. The highest BCUT2D eigenvalue weighted by molar-refractivity contribution is 7.89. The van der Waals surface area contributed by atoms with Gasteiger partial charge in [-0.25, -0.2) is 18.4 Å². The van der Waals surface area contributed by atoms with Gasteiger partial charge in [0.05, 0.1) is 10.3 Å². The van der Waals surface area contributed by atoms with Gasteiger partial charge in [-0.1, -0.05) is 0 Å². The molecule has 10 heteroatoms. The number of nitrogens with one attached hydrogen (secondary N) is 1. The van der Waals surface area contributed by atoms with Crippen molar-refractivity contribution >= 4 is 43.2 Å². The standard InChI is InChI=1S/C20H22N4O4S2/c1-13-14(2)29-20-18(13)19(21-12-22-20)28-11-17(25)23-15-5-7-16(8-6-15)30(26,27)24-9-3-4-10-24/h5-8,12H,3-4,9-11H2,1-2H3,(H,23,25). The lowest BCUT2D eigenvalue weighted by molar-refractivity contribution is -0.118. The average molecular weight is 447 g/mol. The highest BCUT2D eigenvalue weighted by Crippen LogP contribution is 2.33. The Kier molecular flexibility index (Phi) is 5.72. The van der Waals surface area contributed by atoms with Crippen molar-refractivity contribution in [2.24, 2.45) is 0 Å². The summed E-state index contributed by atoms with van der Waals surface area (Å²) in [6, 6.07) is 6.18. The number of ether oxygens (including phenoxy) is 1. The van der Waals surface area contributed by atoms with Crippen molar-refractivity contribution in [2.45, 2.75) is 31.6 Å². The molecule has 1 saturated heterocycles. The van der Waals surface area contributed by atoms with E-state index in [0.29, 0.717) is 24.7 Å². The number of aromatic nitrogens is 2. The Morgan fingerprint density at radius 1 is 1.17 bits per heavy atom. The minimum absolute atomic E-state index is 0.214. The summed E-state index contributed by atoms with van der Waals surface area (Å²) < 4.78 is 32.3. The van der Waals surface area contributed by atoms with Gasteiger partial charge in [-0.05, 0) is 56.5 Å². The lowest BCUT2D eigenvalue weighted by Gasteiger charge is -2.15. The number of anilines is 1. The van der Waals surface area contributed by atoms with Crippen LogP contribution in [0.25, 0.3) is 10.2 Å². The first-order valence-electron chi connectivity index (χ1n) is 9.60. The Labute approximate surface area is 179 Å². The van der Waals surface area contributed by atoms with Crippen molar-refractivity contribution in [2.75, 3.05) is 25.0 Å². The summed E-state index contributed by atoms with van der Waals surface area (Å²) in [6.45, 7) is 4.87. The number of sulfonamides is 1. The summed E-state index contributed by atoms with van der Waals surface area (Å²) in [5, 5.41) is 3.54. The predicted molar refractivity (Wildman–Crippen MR) is 115 cm³/mol. The van der Waals surface area contributed by atoms with Gasteiger partial charge in [0.15, 0.2) is 6.61 Å².